The third kappa shape index (κ3) is 5.25. The summed E-state index contributed by atoms with van der Waals surface area (Å²) in [5.41, 5.74) is 6.21. The first-order valence-electron chi connectivity index (χ1n) is 17.0. The summed E-state index contributed by atoms with van der Waals surface area (Å²) in [5.74, 6) is 2.44. The van der Waals surface area contributed by atoms with E-state index in [4.69, 9.17) is 9.73 Å². The van der Waals surface area contributed by atoms with Gasteiger partial charge in [0.15, 0.2) is 0 Å². The highest BCUT2D eigenvalue weighted by atomic mass is 16.5. The molecule has 2 bridgehead atoms. The van der Waals surface area contributed by atoms with Crippen molar-refractivity contribution in [3.63, 3.8) is 0 Å². The first-order valence-corrected chi connectivity index (χ1v) is 17.0. The number of fused-ring (bicyclic) bond motifs is 5. The van der Waals surface area contributed by atoms with E-state index in [0.717, 1.165) is 60.5 Å². The zero-order valence-corrected chi connectivity index (χ0v) is 25.8. The molecule has 2 aliphatic carbocycles. The molecule has 1 aromatic heterocycles. The number of rotatable bonds is 7. The standard InChI is InChI=1S/C38H44N4O2/c1-42-28-13-14-29(42)22-31(21-28)44-30-15-9-25(10-16-30)36-34-20-26(11-18-33(34)32-17-12-27(32)23-40-36)38(43)41-37(24-6-2-3-7-24)35-8-4-5-19-39-35/h4-5,8-11,15-16,18-20,24,27-29,31-32,37H,2-3,6-7,12-14,17,21-23H2,1H3,(H,41,43). The largest absolute Gasteiger partial charge is 0.490 e. The van der Waals surface area contributed by atoms with Gasteiger partial charge in [-0.15, -0.1) is 0 Å². The second kappa shape index (κ2) is 11.8. The predicted octanol–water partition coefficient (Wildman–Crippen LogP) is 7.09. The molecule has 6 heteroatoms. The Labute approximate surface area is 261 Å². The maximum atomic E-state index is 13.9. The normalized spacial score (nSPS) is 28.7. The lowest BCUT2D eigenvalue weighted by Crippen LogP contribution is -2.43. The van der Waals surface area contributed by atoms with Crippen molar-refractivity contribution in [2.75, 3.05) is 13.6 Å². The van der Waals surface area contributed by atoms with Crippen LogP contribution in [0.3, 0.4) is 0 Å². The first-order chi connectivity index (χ1) is 21.6. The second-order valence-corrected chi connectivity index (χ2v) is 14.0. The molecule has 1 amide bonds. The number of carbonyl (C=O) groups is 1. The summed E-state index contributed by atoms with van der Waals surface area (Å²) in [7, 11) is 2.27. The summed E-state index contributed by atoms with van der Waals surface area (Å²) in [6, 6.07) is 22.2. The summed E-state index contributed by atoms with van der Waals surface area (Å²) in [6.45, 7) is 0.844. The van der Waals surface area contributed by atoms with Gasteiger partial charge in [-0.05, 0) is 130 Å². The number of hydrogen-bond acceptors (Lipinski definition) is 5. The molecule has 3 aromatic rings. The van der Waals surface area contributed by atoms with E-state index in [-0.39, 0.29) is 11.9 Å². The zero-order chi connectivity index (χ0) is 29.6. The molecule has 2 aromatic carbocycles. The quantitative estimate of drug-likeness (QED) is 0.320. The topological polar surface area (TPSA) is 66.8 Å². The lowest BCUT2D eigenvalue weighted by atomic mass is 9.69. The molecule has 2 saturated carbocycles. The molecule has 0 radical (unpaired) electrons. The highest BCUT2D eigenvalue weighted by Crippen LogP contribution is 2.46. The second-order valence-electron chi connectivity index (χ2n) is 14.0. The number of aromatic nitrogens is 1. The predicted molar refractivity (Wildman–Crippen MR) is 173 cm³/mol. The summed E-state index contributed by atoms with van der Waals surface area (Å²) >= 11 is 0. The van der Waals surface area contributed by atoms with E-state index in [1.807, 2.05) is 30.5 Å². The van der Waals surface area contributed by atoms with Crippen LogP contribution in [0.25, 0.3) is 0 Å². The van der Waals surface area contributed by atoms with Gasteiger partial charge in [0, 0.05) is 41.5 Å². The van der Waals surface area contributed by atoms with Gasteiger partial charge in [0.25, 0.3) is 5.91 Å². The van der Waals surface area contributed by atoms with Gasteiger partial charge in [-0.25, -0.2) is 0 Å². The number of carbonyl (C=O) groups excluding carboxylic acids is 1. The van der Waals surface area contributed by atoms with Gasteiger partial charge in [0.1, 0.15) is 11.9 Å². The van der Waals surface area contributed by atoms with E-state index < -0.39 is 0 Å². The van der Waals surface area contributed by atoms with Crippen molar-refractivity contribution >= 4 is 11.6 Å². The molecule has 44 heavy (non-hydrogen) atoms. The van der Waals surface area contributed by atoms with Crippen molar-refractivity contribution in [1.82, 2.24) is 15.2 Å². The van der Waals surface area contributed by atoms with Crippen molar-refractivity contribution in [2.24, 2.45) is 16.8 Å². The van der Waals surface area contributed by atoms with Crippen molar-refractivity contribution in [1.29, 1.82) is 0 Å². The van der Waals surface area contributed by atoms with Gasteiger partial charge in [-0.3, -0.25) is 14.8 Å². The maximum absolute atomic E-state index is 13.9. The number of aliphatic imine (C=N–C) groups is 1. The minimum Gasteiger partial charge on any atom is -0.490 e. The molecular weight excluding hydrogens is 544 g/mol. The fraction of sp³-hybridized carbons (Fsp3) is 0.500. The van der Waals surface area contributed by atoms with Crippen LogP contribution in [-0.2, 0) is 0 Å². The SMILES string of the molecule is CN1C2CCC1CC(Oc1ccc(C3=NCC4CCC4c4ccc(C(=O)NC(c5ccccn5)C5CCCC5)cc43)cc1)C2. The highest BCUT2D eigenvalue weighted by Gasteiger charge is 2.40. The number of piperidine rings is 1. The van der Waals surface area contributed by atoms with E-state index in [0.29, 0.717) is 41.5 Å². The molecule has 6 nitrogen and oxygen atoms in total. The summed E-state index contributed by atoms with van der Waals surface area (Å²) in [5, 5.41) is 3.40. The Bertz CT molecular complexity index is 1520. The summed E-state index contributed by atoms with van der Waals surface area (Å²) in [6.07, 6.45) is 14.1. The zero-order valence-electron chi connectivity index (χ0n) is 25.8. The fourth-order valence-electron chi connectivity index (χ4n) is 8.81. The molecule has 0 spiro atoms. The average molecular weight is 589 g/mol. The molecular formula is C38H44N4O2. The lowest BCUT2D eigenvalue weighted by molar-refractivity contribution is 0.0661. The number of nitrogens with one attached hydrogen (secondary N) is 1. The van der Waals surface area contributed by atoms with Crippen LogP contribution in [0.1, 0.15) is 109 Å². The Kier molecular flexibility index (Phi) is 7.49. The molecule has 5 aliphatic rings. The monoisotopic (exact) mass is 588 g/mol. The van der Waals surface area contributed by atoms with Crippen molar-refractivity contribution in [3.8, 4) is 5.75 Å². The molecule has 8 rings (SSSR count). The number of pyridine rings is 1. The van der Waals surface area contributed by atoms with Gasteiger partial charge in [0.05, 0.1) is 17.4 Å². The van der Waals surface area contributed by atoms with Crippen molar-refractivity contribution in [2.45, 2.75) is 94.4 Å². The Morgan fingerprint density at radius 2 is 1.73 bits per heavy atom. The van der Waals surface area contributed by atoms with Gasteiger partial charge in [-0.2, -0.15) is 0 Å². The minimum atomic E-state index is -0.0681. The smallest absolute Gasteiger partial charge is 0.251 e. The Hall–Kier alpha value is -3.51. The molecule has 5 atom stereocenters. The van der Waals surface area contributed by atoms with Gasteiger partial charge >= 0.3 is 0 Å². The van der Waals surface area contributed by atoms with Crippen LogP contribution in [0.2, 0.25) is 0 Å². The molecule has 228 valence electrons. The van der Waals surface area contributed by atoms with E-state index >= 15 is 0 Å². The Balaban J connectivity index is 1.05. The number of nitrogens with zero attached hydrogens (tertiary/aromatic N) is 3. The van der Waals surface area contributed by atoms with Crippen molar-refractivity contribution < 1.29 is 9.53 Å². The summed E-state index contributed by atoms with van der Waals surface area (Å²) in [4.78, 5) is 26.3. The number of ether oxygens (including phenoxy) is 1. The number of amides is 1. The van der Waals surface area contributed by atoms with Crippen LogP contribution >= 0.6 is 0 Å². The fourth-order valence-corrected chi connectivity index (χ4v) is 8.81. The molecule has 4 fully saturated rings. The van der Waals surface area contributed by atoms with E-state index in [1.54, 1.807) is 0 Å². The van der Waals surface area contributed by atoms with Crippen LogP contribution in [0.15, 0.2) is 71.9 Å². The maximum Gasteiger partial charge on any atom is 0.251 e. The van der Waals surface area contributed by atoms with Gasteiger partial charge < -0.3 is 15.0 Å². The highest BCUT2D eigenvalue weighted by molar-refractivity contribution is 6.15. The molecule has 5 unspecified atom stereocenters. The van der Waals surface area contributed by atoms with Crippen LogP contribution in [0.5, 0.6) is 5.75 Å². The minimum absolute atomic E-state index is 0.0278. The first kappa shape index (κ1) is 28.0. The van der Waals surface area contributed by atoms with Crippen molar-refractivity contribution in [3.05, 3.63) is 94.8 Å². The number of hydrogen-bond donors (Lipinski definition) is 1. The van der Waals surface area contributed by atoms with E-state index in [2.05, 4.69) is 58.6 Å². The Morgan fingerprint density at radius 1 is 0.932 bits per heavy atom. The summed E-state index contributed by atoms with van der Waals surface area (Å²) < 4.78 is 6.51. The molecule has 4 heterocycles. The lowest BCUT2D eigenvalue weighted by Gasteiger charge is -2.36. The molecule has 1 N–H and O–H groups in total. The van der Waals surface area contributed by atoms with Crippen LogP contribution in [0.4, 0.5) is 0 Å². The van der Waals surface area contributed by atoms with Gasteiger partial charge in [0.2, 0.25) is 0 Å². The Morgan fingerprint density at radius 3 is 2.43 bits per heavy atom. The molecule has 3 aliphatic heterocycles. The average Bonchev–Trinajstić information content (AvgIpc) is 3.60. The van der Waals surface area contributed by atoms with Crippen LogP contribution in [0, 0.1) is 11.8 Å². The van der Waals surface area contributed by atoms with Crippen LogP contribution in [-0.4, -0.2) is 53.3 Å². The third-order valence-corrected chi connectivity index (χ3v) is 11.5. The van der Waals surface area contributed by atoms with Crippen LogP contribution < -0.4 is 10.1 Å². The number of benzene rings is 2. The van der Waals surface area contributed by atoms with E-state index in [9.17, 15) is 4.79 Å². The molecule has 2 saturated heterocycles. The third-order valence-electron chi connectivity index (χ3n) is 11.5. The van der Waals surface area contributed by atoms with Gasteiger partial charge in [-0.1, -0.05) is 25.0 Å². The van der Waals surface area contributed by atoms with E-state index in [1.165, 1.54) is 44.1 Å².